The Kier molecular flexibility index (Phi) is 3.86. The van der Waals surface area contributed by atoms with Gasteiger partial charge >= 0.3 is 0 Å². The Morgan fingerprint density at radius 2 is 1.73 bits per heavy atom. The van der Waals surface area contributed by atoms with Gasteiger partial charge < -0.3 is 5.11 Å². The first-order valence-corrected chi connectivity index (χ1v) is 5.32. The lowest BCUT2D eigenvalue weighted by Crippen LogP contribution is -2.26. The van der Waals surface area contributed by atoms with Crippen LogP contribution in [0.15, 0.2) is 24.3 Å². The summed E-state index contributed by atoms with van der Waals surface area (Å²) in [4.78, 5) is 0. The number of hydrogen-bond acceptors (Lipinski definition) is 1. The van der Waals surface area contributed by atoms with E-state index in [0.29, 0.717) is 0 Å². The lowest BCUT2D eigenvalue weighted by molar-refractivity contribution is 0.0560. The van der Waals surface area contributed by atoms with Gasteiger partial charge in [-0.05, 0) is 36.0 Å². The molecule has 15 heavy (non-hydrogen) atoms. The Morgan fingerprint density at radius 3 is 2.20 bits per heavy atom. The average molecular weight is 210 g/mol. The van der Waals surface area contributed by atoms with Gasteiger partial charge in [-0.3, -0.25) is 0 Å². The molecular formula is C13H19FO. The quantitative estimate of drug-likeness (QED) is 0.812. The number of halogens is 1. The highest BCUT2D eigenvalue weighted by atomic mass is 19.1. The maximum atomic E-state index is 12.6. The van der Waals surface area contributed by atoms with Crippen LogP contribution in [-0.4, -0.2) is 11.2 Å². The highest BCUT2D eigenvalue weighted by Crippen LogP contribution is 2.22. The van der Waals surface area contributed by atoms with Gasteiger partial charge in [0.2, 0.25) is 0 Å². The topological polar surface area (TPSA) is 20.2 Å². The minimum atomic E-state index is -0.317. The Hall–Kier alpha value is -0.890. The van der Waals surface area contributed by atoms with Crippen molar-refractivity contribution in [1.29, 1.82) is 0 Å². The molecule has 1 unspecified atom stereocenters. The van der Waals surface area contributed by atoms with E-state index < -0.39 is 0 Å². The molecule has 0 amide bonds. The molecule has 1 atom stereocenters. The van der Waals surface area contributed by atoms with Crippen LogP contribution in [0.4, 0.5) is 4.39 Å². The van der Waals surface area contributed by atoms with Crippen LogP contribution in [0, 0.1) is 11.2 Å². The van der Waals surface area contributed by atoms with Crippen LogP contribution in [0.25, 0.3) is 0 Å². The zero-order valence-electron chi connectivity index (χ0n) is 9.63. The van der Waals surface area contributed by atoms with Gasteiger partial charge in [0.25, 0.3) is 0 Å². The van der Waals surface area contributed by atoms with Gasteiger partial charge in [0.1, 0.15) is 5.82 Å². The molecule has 0 saturated heterocycles. The van der Waals surface area contributed by atoms with Gasteiger partial charge in [-0.1, -0.05) is 32.9 Å². The Bertz CT molecular complexity index is 297. The lowest BCUT2D eigenvalue weighted by atomic mass is 9.86. The van der Waals surface area contributed by atoms with E-state index in [4.69, 9.17) is 0 Å². The highest BCUT2D eigenvalue weighted by Gasteiger charge is 2.21. The number of rotatable bonds is 3. The summed E-state index contributed by atoms with van der Waals surface area (Å²) < 4.78 is 12.6. The fourth-order valence-corrected chi connectivity index (χ4v) is 1.39. The summed E-state index contributed by atoms with van der Waals surface area (Å²) in [6.45, 7) is 6.05. The fraction of sp³-hybridized carbons (Fsp3) is 0.538. The van der Waals surface area contributed by atoms with E-state index in [1.807, 2.05) is 20.8 Å². The van der Waals surface area contributed by atoms with E-state index >= 15 is 0 Å². The van der Waals surface area contributed by atoms with Gasteiger partial charge in [0, 0.05) is 0 Å². The number of aryl methyl sites for hydroxylation is 1. The van der Waals surface area contributed by atoms with Crippen molar-refractivity contribution in [3.8, 4) is 0 Å². The normalized spacial score (nSPS) is 13.9. The van der Waals surface area contributed by atoms with Crippen LogP contribution >= 0.6 is 0 Å². The molecule has 2 heteroatoms. The van der Waals surface area contributed by atoms with Crippen LogP contribution in [0.1, 0.15) is 32.8 Å². The van der Waals surface area contributed by atoms with Crippen LogP contribution < -0.4 is 0 Å². The van der Waals surface area contributed by atoms with E-state index in [1.54, 1.807) is 12.1 Å². The predicted molar refractivity (Wildman–Crippen MR) is 60.2 cm³/mol. The molecule has 84 valence electrons. The van der Waals surface area contributed by atoms with Gasteiger partial charge in [0.15, 0.2) is 0 Å². The molecule has 1 N–H and O–H groups in total. The van der Waals surface area contributed by atoms with Crippen molar-refractivity contribution in [2.24, 2.45) is 5.41 Å². The second kappa shape index (κ2) is 4.75. The zero-order valence-corrected chi connectivity index (χ0v) is 9.63. The van der Waals surface area contributed by atoms with Crippen molar-refractivity contribution >= 4 is 0 Å². The fourth-order valence-electron chi connectivity index (χ4n) is 1.39. The second-order valence-electron chi connectivity index (χ2n) is 5.05. The molecule has 1 rings (SSSR count). The van der Waals surface area contributed by atoms with Crippen molar-refractivity contribution < 1.29 is 9.50 Å². The Morgan fingerprint density at radius 1 is 1.20 bits per heavy atom. The maximum Gasteiger partial charge on any atom is 0.123 e. The van der Waals surface area contributed by atoms with E-state index in [-0.39, 0.29) is 17.3 Å². The smallest absolute Gasteiger partial charge is 0.123 e. The predicted octanol–water partition coefficient (Wildman–Crippen LogP) is 3.17. The maximum absolute atomic E-state index is 12.6. The molecule has 0 bridgehead atoms. The van der Waals surface area contributed by atoms with Gasteiger partial charge in [-0.15, -0.1) is 0 Å². The van der Waals surface area contributed by atoms with Crippen LogP contribution in [0.5, 0.6) is 0 Å². The highest BCUT2D eigenvalue weighted by molar-refractivity contribution is 5.16. The summed E-state index contributed by atoms with van der Waals surface area (Å²) in [5.41, 5.74) is 0.986. The first-order valence-electron chi connectivity index (χ1n) is 5.32. The minimum absolute atomic E-state index is 0.0833. The third-order valence-corrected chi connectivity index (χ3v) is 2.62. The molecule has 0 aromatic heterocycles. The zero-order chi connectivity index (χ0) is 11.5. The molecule has 0 aliphatic carbocycles. The monoisotopic (exact) mass is 210 g/mol. The summed E-state index contributed by atoms with van der Waals surface area (Å²) in [5, 5.41) is 9.83. The molecule has 1 nitrogen and oxygen atoms in total. The Balaban J connectivity index is 2.47. The third kappa shape index (κ3) is 4.00. The Labute approximate surface area is 90.9 Å². The number of benzene rings is 1. The summed E-state index contributed by atoms with van der Waals surface area (Å²) >= 11 is 0. The van der Waals surface area contributed by atoms with Gasteiger partial charge in [-0.25, -0.2) is 4.39 Å². The summed E-state index contributed by atoms with van der Waals surface area (Å²) in [5.74, 6) is -0.213. The molecule has 0 fully saturated rings. The van der Waals surface area contributed by atoms with Crippen molar-refractivity contribution in [3.05, 3.63) is 35.6 Å². The molecular weight excluding hydrogens is 191 g/mol. The van der Waals surface area contributed by atoms with Crippen LogP contribution in [0.3, 0.4) is 0 Å². The standard InChI is InChI=1S/C13H19FO/c1-13(2,3)12(15)9-6-10-4-7-11(14)8-5-10/h4-5,7-8,12,15H,6,9H2,1-3H3. The van der Waals surface area contributed by atoms with Gasteiger partial charge in [-0.2, -0.15) is 0 Å². The molecule has 1 aromatic carbocycles. The van der Waals surface area contributed by atoms with Crippen molar-refractivity contribution in [3.63, 3.8) is 0 Å². The van der Waals surface area contributed by atoms with Crippen LogP contribution in [0.2, 0.25) is 0 Å². The molecule has 0 aliphatic rings. The lowest BCUT2D eigenvalue weighted by Gasteiger charge is -2.25. The average Bonchev–Trinajstić information content (AvgIpc) is 2.15. The van der Waals surface area contributed by atoms with Crippen molar-refractivity contribution in [2.75, 3.05) is 0 Å². The molecule has 0 aliphatic heterocycles. The van der Waals surface area contributed by atoms with Crippen molar-refractivity contribution in [1.82, 2.24) is 0 Å². The largest absolute Gasteiger partial charge is 0.393 e. The number of aliphatic hydroxyl groups is 1. The van der Waals surface area contributed by atoms with E-state index in [1.165, 1.54) is 12.1 Å². The SMILES string of the molecule is CC(C)(C)C(O)CCc1ccc(F)cc1. The van der Waals surface area contributed by atoms with E-state index in [0.717, 1.165) is 18.4 Å². The van der Waals surface area contributed by atoms with Crippen LogP contribution in [-0.2, 0) is 6.42 Å². The molecule has 1 aromatic rings. The first-order chi connectivity index (χ1) is 6.89. The first kappa shape index (κ1) is 12.2. The molecule has 0 saturated carbocycles. The molecule has 0 radical (unpaired) electrons. The van der Waals surface area contributed by atoms with E-state index in [9.17, 15) is 9.50 Å². The molecule has 0 spiro atoms. The number of hydrogen-bond donors (Lipinski definition) is 1. The number of aliphatic hydroxyl groups excluding tert-OH is 1. The summed E-state index contributed by atoms with van der Waals surface area (Å²) in [6.07, 6.45) is 1.19. The second-order valence-corrected chi connectivity index (χ2v) is 5.05. The summed E-state index contributed by atoms with van der Waals surface area (Å²) in [7, 11) is 0. The third-order valence-electron chi connectivity index (χ3n) is 2.62. The summed E-state index contributed by atoms with van der Waals surface area (Å²) in [6, 6.07) is 6.45. The minimum Gasteiger partial charge on any atom is -0.393 e. The van der Waals surface area contributed by atoms with E-state index in [2.05, 4.69) is 0 Å². The van der Waals surface area contributed by atoms with Crippen molar-refractivity contribution in [2.45, 2.75) is 39.7 Å². The van der Waals surface area contributed by atoms with Gasteiger partial charge in [0.05, 0.1) is 6.10 Å². The molecule has 0 heterocycles.